The first kappa shape index (κ1) is 14.9. The molecule has 21 heavy (non-hydrogen) atoms. The lowest BCUT2D eigenvalue weighted by Gasteiger charge is -2.17. The maximum Gasteiger partial charge on any atom is 0.246 e. The van der Waals surface area contributed by atoms with E-state index in [1.54, 1.807) is 7.11 Å². The molecule has 2 rings (SSSR count). The molecule has 0 aliphatic carbocycles. The molecule has 4 heteroatoms. The van der Waals surface area contributed by atoms with Crippen LogP contribution in [0.3, 0.4) is 0 Å². The highest BCUT2D eigenvalue weighted by atomic mass is 16.5. The van der Waals surface area contributed by atoms with Crippen molar-refractivity contribution in [3.63, 3.8) is 0 Å². The Morgan fingerprint density at radius 2 is 1.90 bits per heavy atom. The van der Waals surface area contributed by atoms with Crippen LogP contribution < -0.4 is 15.4 Å². The molecule has 1 amide bonds. The first-order valence-electron chi connectivity index (χ1n) is 6.87. The van der Waals surface area contributed by atoms with Crippen molar-refractivity contribution in [3.8, 4) is 5.75 Å². The number of methoxy groups -OCH3 is 1. The molecule has 0 heterocycles. The molecule has 110 valence electrons. The number of ether oxygens (including phenoxy) is 1. The van der Waals surface area contributed by atoms with E-state index in [1.807, 2.05) is 62.4 Å². The summed E-state index contributed by atoms with van der Waals surface area (Å²) in [5.41, 5.74) is 2.71. The molecule has 0 bridgehead atoms. The lowest BCUT2D eigenvalue weighted by molar-refractivity contribution is -0.116. The number of aryl methyl sites for hydroxylation is 1. The Morgan fingerprint density at radius 1 is 1.14 bits per heavy atom. The molecule has 1 atom stereocenters. The summed E-state index contributed by atoms with van der Waals surface area (Å²) < 4.78 is 5.27. The second kappa shape index (κ2) is 6.79. The molecular formula is C17H20N2O2. The number of carbonyl (C=O) groups excluding carboxylic acids is 1. The minimum atomic E-state index is -0.373. The third kappa shape index (κ3) is 3.99. The van der Waals surface area contributed by atoms with Crippen LogP contribution in [0.1, 0.15) is 12.5 Å². The van der Waals surface area contributed by atoms with E-state index in [0.29, 0.717) is 5.75 Å². The van der Waals surface area contributed by atoms with Crippen molar-refractivity contribution in [2.45, 2.75) is 19.9 Å². The van der Waals surface area contributed by atoms with Gasteiger partial charge in [-0.15, -0.1) is 0 Å². The number of amides is 1. The van der Waals surface area contributed by atoms with Gasteiger partial charge in [0, 0.05) is 5.69 Å². The third-order valence-electron chi connectivity index (χ3n) is 3.16. The van der Waals surface area contributed by atoms with Crippen molar-refractivity contribution in [1.29, 1.82) is 0 Å². The zero-order valence-corrected chi connectivity index (χ0v) is 12.5. The predicted octanol–water partition coefficient (Wildman–Crippen LogP) is 3.44. The Morgan fingerprint density at radius 3 is 2.62 bits per heavy atom. The SMILES string of the molecule is COc1ccccc1N[C@H](C)C(=O)Nc1cccc(C)c1. The van der Waals surface area contributed by atoms with E-state index in [9.17, 15) is 4.79 Å². The topological polar surface area (TPSA) is 50.4 Å². The van der Waals surface area contributed by atoms with Gasteiger partial charge >= 0.3 is 0 Å². The Bertz CT molecular complexity index is 626. The van der Waals surface area contributed by atoms with E-state index in [4.69, 9.17) is 4.74 Å². The summed E-state index contributed by atoms with van der Waals surface area (Å²) in [6.07, 6.45) is 0. The summed E-state index contributed by atoms with van der Waals surface area (Å²) in [5.74, 6) is 0.624. The number of rotatable bonds is 5. The first-order chi connectivity index (χ1) is 10.1. The third-order valence-corrected chi connectivity index (χ3v) is 3.16. The summed E-state index contributed by atoms with van der Waals surface area (Å²) in [6, 6.07) is 14.9. The summed E-state index contributed by atoms with van der Waals surface area (Å²) in [5, 5.41) is 6.06. The summed E-state index contributed by atoms with van der Waals surface area (Å²) in [4.78, 5) is 12.2. The van der Waals surface area contributed by atoms with E-state index in [0.717, 1.165) is 16.9 Å². The Kier molecular flexibility index (Phi) is 4.82. The lowest BCUT2D eigenvalue weighted by atomic mass is 10.2. The van der Waals surface area contributed by atoms with E-state index in [2.05, 4.69) is 10.6 Å². The molecule has 0 aliphatic rings. The van der Waals surface area contributed by atoms with Gasteiger partial charge in [0.25, 0.3) is 0 Å². The van der Waals surface area contributed by atoms with Crippen molar-refractivity contribution < 1.29 is 9.53 Å². The van der Waals surface area contributed by atoms with Gasteiger partial charge in [-0.25, -0.2) is 0 Å². The van der Waals surface area contributed by atoms with Gasteiger partial charge in [0.1, 0.15) is 11.8 Å². The monoisotopic (exact) mass is 284 g/mol. The smallest absolute Gasteiger partial charge is 0.246 e. The molecule has 0 aliphatic heterocycles. The highest BCUT2D eigenvalue weighted by Crippen LogP contribution is 2.24. The van der Waals surface area contributed by atoms with Crippen LogP contribution in [0.25, 0.3) is 0 Å². The standard InChI is InChI=1S/C17H20N2O2/c1-12-7-6-8-14(11-12)19-17(20)13(2)18-15-9-4-5-10-16(15)21-3/h4-11,13,18H,1-3H3,(H,19,20)/t13-/m1/s1. The zero-order valence-electron chi connectivity index (χ0n) is 12.5. The van der Waals surface area contributed by atoms with E-state index in [-0.39, 0.29) is 11.9 Å². The van der Waals surface area contributed by atoms with E-state index in [1.165, 1.54) is 0 Å². The van der Waals surface area contributed by atoms with Crippen LogP contribution >= 0.6 is 0 Å². The number of benzene rings is 2. The van der Waals surface area contributed by atoms with Gasteiger partial charge in [-0.2, -0.15) is 0 Å². The molecule has 0 fully saturated rings. The maximum atomic E-state index is 12.2. The average molecular weight is 284 g/mol. The quantitative estimate of drug-likeness (QED) is 0.884. The molecule has 2 N–H and O–H groups in total. The first-order valence-corrected chi connectivity index (χ1v) is 6.87. The molecular weight excluding hydrogens is 264 g/mol. The molecule has 0 spiro atoms. The van der Waals surface area contributed by atoms with E-state index < -0.39 is 0 Å². The van der Waals surface area contributed by atoms with Crippen LogP contribution in [0.4, 0.5) is 11.4 Å². The fraction of sp³-hybridized carbons (Fsp3) is 0.235. The second-order valence-corrected chi connectivity index (χ2v) is 4.93. The van der Waals surface area contributed by atoms with Gasteiger partial charge in [0.15, 0.2) is 0 Å². The molecule has 4 nitrogen and oxygen atoms in total. The molecule has 2 aromatic carbocycles. The lowest BCUT2D eigenvalue weighted by Crippen LogP contribution is -2.32. The van der Waals surface area contributed by atoms with Crippen LogP contribution in [0.5, 0.6) is 5.75 Å². The van der Waals surface area contributed by atoms with Crippen LogP contribution in [-0.2, 0) is 4.79 Å². The van der Waals surface area contributed by atoms with Gasteiger partial charge in [-0.3, -0.25) is 4.79 Å². The number of anilines is 2. The van der Waals surface area contributed by atoms with Gasteiger partial charge in [-0.1, -0.05) is 24.3 Å². The molecule has 2 aromatic rings. The maximum absolute atomic E-state index is 12.2. The summed E-state index contributed by atoms with van der Waals surface area (Å²) >= 11 is 0. The Hall–Kier alpha value is -2.49. The number of para-hydroxylation sites is 2. The number of hydrogen-bond donors (Lipinski definition) is 2. The number of nitrogens with one attached hydrogen (secondary N) is 2. The molecule has 0 saturated heterocycles. The van der Waals surface area contributed by atoms with Gasteiger partial charge in [0.2, 0.25) is 5.91 Å². The Balaban J connectivity index is 2.02. The Labute approximate surface area is 125 Å². The predicted molar refractivity (Wildman–Crippen MR) is 85.9 cm³/mol. The van der Waals surface area contributed by atoms with Gasteiger partial charge < -0.3 is 15.4 Å². The van der Waals surface area contributed by atoms with Crippen molar-refractivity contribution in [1.82, 2.24) is 0 Å². The van der Waals surface area contributed by atoms with Crippen LogP contribution in [-0.4, -0.2) is 19.1 Å². The van der Waals surface area contributed by atoms with Gasteiger partial charge in [0.05, 0.1) is 12.8 Å². The highest BCUT2D eigenvalue weighted by Gasteiger charge is 2.14. The average Bonchev–Trinajstić information content (AvgIpc) is 2.47. The fourth-order valence-electron chi connectivity index (χ4n) is 2.04. The molecule has 0 radical (unpaired) electrons. The number of hydrogen-bond acceptors (Lipinski definition) is 3. The van der Waals surface area contributed by atoms with Crippen LogP contribution in [0, 0.1) is 6.92 Å². The molecule has 0 saturated carbocycles. The minimum absolute atomic E-state index is 0.0912. The second-order valence-electron chi connectivity index (χ2n) is 4.93. The van der Waals surface area contributed by atoms with Crippen LogP contribution in [0.2, 0.25) is 0 Å². The molecule has 0 unspecified atom stereocenters. The highest BCUT2D eigenvalue weighted by molar-refractivity contribution is 5.96. The van der Waals surface area contributed by atoms with Crippen molar-refractivity contribution in [2.24, 2.45) is 0 Å². The van der Waals surface area contributed by atoms with Gasteiger partial charge in [-0.05, 0) is 43.7 Å². The minimum Gasteiger partial charge on any atom is -0.495 e. The zero-order chi connectivity index (χ0) is 15.2. The summed E-state index contributed by atoms with van der Waals surface area (Å²) in [7, 11) is 1.61. The van der Waals surface area contributed by atoms with Crippen molar-refractivity contribution >= 4 is 17.3 Å². The van der Waals surface area contributed by atoms with Crippen molar-refractivity contribution in [2.75, 3.05) is 17.7 Å². The normalized spacial score (nSPS) is 11.6. The van der Waals surface area contributed by atoms with Crippen LogP contribution in [0.15, 0.2) is 48.5 Å². The number of carbonyl (C=O) groups is 1. The fourth-order valence-corrected chi connectivity index (χ4v) is 2.04. The van der Waals surface area contributed by atoms with E-state index >= 15 is 0 Å². The van der Waals surface area contributed by atoms with Crippen molar-refractivity contribution in [3.05, 3.63) is 54.1 Å². The molecule has 0 aromatic heterocycles. The largest absolute Gasteiger partial charge is 0.495 e. The summed E-state index contributed by atoms with van der Waals surface area (Å²) in [6.45, 7) is 3.81.